The fourth-order valence-electron chi connectivity index (χ4n) is 2.81. The third-order valence-electron chi connectivity index (χ3n) is 4.23. The predicted molar refractivity (Wildman–Crippen MR) is 115 cm³/mol. The van der Waals surface area contributed by atoms with Crippen LogP contribution in [0.4, 0.5) is 0 Å². The molecule has 10 heteroatoms. The zero-order valence-electron chi connectivity index (χ0n) is 17.4. The molecule has 9 nitrogen and oxygen atoms in total. The first-order valence-electron chi connectivity index (χ1n) is 9.19. The highest BCUT2D eigenvalue weighted by molar-refractivity contribution is 8.14. The molecular weight excluding hydrogens is 422 g/mol. The summed E-state index contributed by atoms with van der Waals surface area (Å²) in [6.07, 6.45) is 0. The predicted octanol–water partition coefficient (Wildman–Crippen LogP) is 2.92. The number of carbonyl (C=O) groups excluding carboxylic acids is 3. The number of ether oxygens (including phenoxy) is 3. The number of amidine groups is 1. The molecule has 1 N–H and O–H groups in total. The van der Waals surface area contributed by atoms with Gasteiger partial charge in [0.05, 0.1) is 19.8 Å². The molecule has 0 radical (unpaired) electrons. The van der Waals surface area contributed by atoms with Crippen LogP contribution < -0.4 is 19.5 Å². The van der Waals surface area contributed by atoms with Crippen molar-refractivity contribution in [2.75, 3.05) is 14.2 Å². The van der Waals surface area contributed by atoms with Crippen molar-refractivity contribution in [1.29, 1.82) is 0 Å². The Balaban J connectivity index is 1.83. The largest absolute Gasteiger partial charge is 0.497 e. The molecule has 2 aromatic carbocycles. The van der Waals surface area contributed by atoms with Gasteiger partial charge in [0.1, 0.15) is 11.1 Å². The molecular formula is C21H21N3O6S. The van der Waals surface area contributed by atoms with Crippen molar-refractivity contribution >= 4 is 34.7 Å². The summed E-state index contributed by atoms with van der Waals surface area (Å²) in [5.74, 6) is -0.0699. The van der Waals surface area contributed by atoms with Crippen LogP contribution in [-0.2, 0) is 9.59 Å². The average molecular weight is 443 g/mol. The summed E-state index contributed by atoms with van der Waals surface area (Å²) in [4.78, 5) is 35.9. The van der Waals surface area contributed by atoms with Gasteiger partial charge in [-0.05, 0) is 35.9 Å². The molecule has 31 heavy (non-hydrogen) atoms. The Morgan fingerprint density at radius 1 is 1.03 bits per heavy atom. The van der Waals surface area contributed by atoms with Crippen LogP contribution in [0.1, 0.15) is 35.1 Å². The second-order valence-electron chi connectivity index (χ2n) is 6.45. The standard InChI is InChI=1S/C21H21N3O6S/c1-12(25)22-21-23-24(13(2)26)19(31-21)14-8-9-17(18(11-14)29-4)30-20(27)15-6-5-7-16(10-15)28-3/h5-11,19H,1-4H3,(H,22,23,25)/t19-/m0/s1. The van der Waals surface area contributed by atoms with Gasteiger partial charge in [-0.1, -0.05) is 23.9 Å². The van der Waals surface area contributed by atoms with Gasteiger partial charge in [0, 0.05) is 13.8 Å². The first-order chi connectivity index (χ1) is 14.8. The molecule has 162 valence electrons. The molecule has 1 aliphatic heterocycles. The van der Waals surface area contributed by atoms with Crippen LogP contribution in [0.15, 0.2) is 47.6 Å². The van der Waals surface area contributed by atoms with E-state index in [1.807, 2.05) is 0 Å². The maximum absolute atomic E-state index is 12.5. The SMILES string of the molecule is COc1cccc(C(=O)Oc2ccc([C@@H]3SC(NC(C)=O)=NN3C(C)=O)cc2OC)c1. The van der Waals surface area contributed by atoms with E-state index in [1.54, 1.807) is 42.5 Å². The maximum atomic E-state index is 12.5. The molecule has 0 saturated heterocycles. The Bertz CT molecular complexity index is 1060. The number of benzene rings is 2. The van der Waals surface area contributed by atoms with E-state index in [2.05, 4.69) is 10.4 Å². The highest BCUT2D eigenvalue weighted by Gasteiger charge is 2.33. The van der Waals surface area contributed by atoms with E-state index in [4.69, 9.17) is 14.2 Å². The number of amides is 2. The summed E-state index contributed by atoms with van der Waals surface area (Å²) in [7, 11) is 2.96. The summed E-state index contributed by atoms with van der Waals surface area (Å²) in [6, 6.07) is 11.6. The number of nitrogens with zero attached hydrogens (tertiary/aromatic N) is 2. The monoisotopic (exact) mass is 443 g/mol. The topological polar surface area (TPSA) is 107 Å². The fraction of sp³-hybridized carbons (Fsp3) is 0.238. The lowest BCUT2D eigenvalue weighted by atomic mass is 10.2. The number of nitrogens with one attached hydrogen (secondary N) is 1. The Morgan fingerprint density at radius 3 is 2.45 bits per heavy atom. The van der Waals surface area contributed by atoms with Crippen LogP contribution in [0, 0.1) is 0 Å². The Morgan fingerprint density at radius 2 is 1.81 bits per heavy atom. The van der Waals surface area contributed by atoms with E-state index in [1.165, 1.54) is 44.8 Å². The number of methoxy groups -OCH3 is 2. The lowest BCUT2D eigenvalue weighted by Gasteiger charge is -2.20. The zero-order valence-corrected chi connectivity index (χ0v) is 18.2. The lowest BCUT2D eigenvalue weighted by Crippen LogP contribution is -2.25. The summed E-state index contributed by atoms with van der Waals surface area (Å²) in [5, 5.41) is 7.84. The second kappa shape index (κ2) is 9.52. The van der Waals surface area contributed by atoms with Crippen LogP contribution in [0.3, 0.4) is 0 Å². The van der Waals surface area contributed by atoms with E-state index >= 15 is 0 Å². The molecule has 0 spiro atoms. The van der Waals surface area contributed by atoms with E-state index < -0.39 is 11.3 Å². The molecule has 3 rings (SSSR count). The quantitative estimate of drug-likeness (QED) is 0.559. The van der Waals surface area contributed by atoms with Crippen molar-refractivity contribution in [3.05, 3.63) is 53.6 Å². The number of hydrazone groups is 1. The minimum absolute atomic E-state index is 0.222. The van der Waals surface area contributed by atoms with E-state index in [0.29, 0.717) is 27.8 Å². The molecule has 0 saturated carbocycles. The molecule has 0 bridgehead atoms. The smallest absolute Gasteiger partial charge is 0.343 e. The van der Waals surface area contributed by atoms with Gasteiger partial charge in [-0.2, -0.15) is 0 Å². The summed E-state index contributed by atoms with van der Waals surface area (Å²) < 4.78 is 16.0. The number of rotatable bonds is 5. The van der Waals surface area contributed by atoms with Gasteiger partial charge in [-0.25, -0.2) is 9.80 Å². The van der Waals surface area contributed by atoms with Gasteiger partial charge in [0.15, 0.2) is 16.7 Å². The third-order valence-corrected chi connectivity index (χ3v) is 5.33. The van der Waals surface area contributed by atoms with E-state index in [9.17, 15) is 14.4 Å². The first kappa shape index (κ1) is 22.2. The van der Waals surface area contributed by atoms with Gasteiger partial charge >= 0.3 is 5.97 Å². The molecule has 1 aliphatic rings. The first-order valence-corrected chi connectivity index (χ1v) is 10.1. The van der Waals surface area contributed by atoms with Crippen LogP contribution in [0.5, 0.6) is 17.2 Å². The summed E-state index contributed by atoms with van der Waals surface area (Å²) in [6.45, 7) is 2.75. The Kier molecular flexibility index (Phi) is 6.81. The number of carbonyl (C=O) groups is 3. The van der Waals surface area contributed by atoms with Crippen molar-refractivity contribution < 1.29 is 28.6 Å². The van der Waals surface area contributed by atoms with Crippen molar-refractivity contribution in [2.45, 2.75) is 19.2 Å². The highest BCUT2D eigenvalue weighted by Crippen LogP contribution is 2.41. The number of hydrogen-bond acceptors (Lipinski definition) is 8. The minimum Gasteiger partial charge on any atom is -0.497 e. The van der Waals surface area contributed by atoms with Gasteiger partial charge in [0.2, 0.25) is 11.8 Å². The summed E-state index contributed by atoms with van der Waals surface area (Å²) in [5.41, 5.74) is 1.01. The Labute approximate surface area is 183 Å². The van der Waals surface area contributed by atoms with Gasteiger partial charge in [0.25, 0.3) is 0 Å². The van der Waals surface area contributed by atoms with Crippen molar-refractivity contribution in [3.63, 3.8) is 0 Å². The molecule has 0 unspecified atom stereocenters. The van der Waals surface area contributed by atoms with Gasteiger partial charge in [-0.15, -0.1) is 5.10 Å². The second-order valence-corrected chi connectivity index (χ2v) is 7.52. The molecule has 0 aliphatic carbocycles. The normalized spacial score (nSPS) is 15.2. The number of hydrogen-bond donors (Lipinski definition) is 1. The third kappa shape index (κ3) is 5.15. The van der Waals surface area contributed by atoms with Crippen LogP contribution in [-0.4, -0.2) is 42.2 Å². The van der Waals surface area contributed by atoms with E-state index in [-0.39, 0.29) is 17.6 Å². The highest BCUT2D eigenvalue weighted by atomic mass is 32.2. The van der Waals surface area contributed by atoms with Gasteiger partial charge in [-0.3, -0.25) is 9.59 Å². The van der Waals surface area contributed by atoms with Crippen molar-refractivity contribution in [3.8, 4) is 17.2 Å². The summed E-state index contributed by atoms with van der Waals surface area (Å²) >= 11 is 1.21. The average Bonchev–Trinajstić information content (AvgIpc) is 3.17. The fourth-order valence-corrected chi connectivity index (χ4v) is 3.94. The molecule has 0 aromatic heterocycles. The van der Waals surface area contributed by atoms with Crippen LogP contribution in [0.2, 0.25) is 0 Å². The molecule has 1 atom stereocenters. The molecule has 0 fully saturated rings. The maximum Gasteiger partial charge on any atom is 0.343 e. The molecule has 2 aromatic rings. The van der Waals surface area contributed by atoms with E-state index in [0.717, 1.165) is 0 Å². The number of thioether (sulfide) groups is 1. The van der Waals surface area contributed by atoms with Crippen LogP contribution in [0.25, 0.3) is 0 Å². The zero-order chi connectivity index (χ0) is 22.5. The van der Waals surface area contributed by atoms with Crippen LogP contribution >= 0.6 is 11.8 Å². The van der Waals surface area contributed by atoms with Crippen molar-refractivity contribution in [2.24, 2.45) is 5.10 Å². The minimum atomic E-state index is -0.568. The lowest BCUT2D eigenvalue weighted by molar-refractivity contribution is -0.129. The molecule has 1 heterocycles. The number of esters is 1. The molecule has 2 amide bonds. The van der Waals surface area contributed by atoms with Gasteiger partial charge < -0.3 is 19.5 Å². The van der Waals surface area contributed by atoms with Crippen molar-refractivity contribution in [1.82, 2.24) is 10.3 Å². The Hall–Kier alpha value is -3.53.